The molecular formula is C11H14N2O. The zero-order valence-electron chi connectivity index (χ0n) is 8.72. The third kappa shape index (κ3) is 1.39. The first-order chi connectivity index (χ1) is 6.48. The Kier molecular flexibility index (Phi) is 1.84. The maximum absolute atomic E-state index is 11.2. The first-order valence-corrected chi connectivity index (χ1v) is 4.75. The Hall–Kier alpha value is -1.38. The van der Waals surface area contributed by atoms with E-state index >= 15 is 0 Å². The van der Waals surface area contributed by atoms with Gasteiger partial charge in [-0.15, -0.1) is 0 Å². The van der Waals surface area contributed by atoms with Crippen molar-refractivity contribution in [1.29, 1.82) is 0 Å². The van der Waals surface area contributed by atoms with Crippen LogP contribution in [0.3, 0.4) is 0 Å². The van der Waals surface area contributed by atoms with Crippen molar-refractivity contribution in [3.05, 3.63) is 23.5 Å². The molecule has 1 N–H and O–H groups in total. The third-order valence-electron chi connectivity index (χ3n) is 2.45. The number of pyridine rings is 1. The molecule has 2 rings (SSSR count). The second kappa shape index (κ2) is 2.80. The number of rotatable bonds is 0. The molecule has 1 aromatic rings. The topological polar surface area (TPSA) is 42.0 Å². The quantitative estimate of drug-likeness (QED) is 0.678. The first-order valence-electron chi connectivity index (χ1n) is 4.75. The molecule has 0 aliphatic carbocycles. The van der Waals surface area contributed by atoms with Crippen LogP contribution in [0.15, 0.2) is 12.4 Å². The third-order valence-corrected chi connectivity index (χ3v) is 2.45. The predicted molar refractivity (Wildman–Crippen MR) is 55.3 cm³/mol. The van der Waals surface area contributed by atoms with Gasteiger partial charge in [0.15, 0.2) is 0 Å². The molecule has 2 heterocycles. The number of carbonyl (C=O) groups excluding carboxylic acids is 1. The number of fused-ring (bicyclic) bond motifs is 1. The molecule has 3 nitrogen and oxygen atoms in total. The van der Waals surface area contributed by atoms with E-state index in [4.69, 9.17) is 0 Å². The highest BCUT2D eigenvalue weighted by Gasteiger charge is 2.26. The predicted octanol–water partition coefficient (Wildman–Crippen LogP) is 1.87. The Morgan fingerprint density at radius 1 is 1.36 bits per heavy atom. The fraction of sp³-hybridized carbons (Fsp3) is 0.455. The van der Waals surface area contributed by atoms with Crippen molar-refractivity contribution in [2.75, 3.05) is 5.32 Å². The van der Waals surface area contributed by atoms with Crippen molar-refractivity contribution in [3.8, 4) is 0 Å². The van der Waals surface area contributed by atoms with Crippen molar-refractivity contribution in [1.82, 2.24) is 4.98 Å². The van der Waals surface area contributed by atoms with E-state index in [9.17, 15) is 4.79 Å². The largest absolute Gasteiger partial charge is 0.325 e. The van der Waals surface area contributed by atoms with Crippen LogP contribution < -0.4 is 5.32 Å². The highest BCUT2D eigenvalue weighted by Crippen LogP contribution is 2.34. The summed E-state index contributed by atoms with van der Waals surface area (Å²) in [5, 5.41) is 2.89. The van der Waals surface area contributed by atoms with Crippen molar-refractivity contribution in [2.24, 2.45) is 0 Å². The average Bonchev–Trinajstić information content (AvgIpc) is 2.41. The summed E-state index contributed by atoms with van der Waals surface area (Å²) in [5.41, 5.74) is 3.12. The monoisotopic (exact) mass is 190 g/mol. The molecule has 14 heavy (non-hydrogen) atoms. The van der Waals surface area contributed by atoms with E-state index in [1.807, 2.05) is 6.20 Å². The molecule has 0 fully saturated rings. The average molecular weight is 190 g/mol. The number of hydrogen-bond acceptors (Lipinski definition) is 2. The molecule has 0 aromatic carbocycles. The summed E-state index contributed by atoms with van der Waals surface area (Å²) in [4.78, 5) is 15.4. The van der Waals surface area contributed by atoms with E-state index in [-0.39, 0.29) is 11.3 Å². The molecule has 0 spiro atoms. The highest BCUT2D eigenvalue weighted by atomic mass is 16.1. The van der Waals surface area contributed by atoms with Gasteiger partial charge in [0.1, 0.15) is 0 Å². The van der Waals surface area contributed by atoms with Gasteiger partial charge in [-0.25, -0.2) is 0 Å². The van der Waals surface area contributed by atoms with E-state index in [1.54, 1.807) is 6.20 Å². The van der Waals surface area contributed by atoms with Crippen molar-refractivity contribution < 1.29 is 4.79 Å². The molecule has 1 aromatic heterocycles. The summed E-state index contributed by atoms with van der Waals surface area (Å²) < 4.78 is 0. The summed E-state index contributed by atoms with van der Waals surface area (Å²) in [6.07, 6.45) is 4.07. The van der Waals surface area contributed by atoms with Crippen LogP contribution in [0.5, 0.6) is 0 Å². The van der Waals surface area contributed by atoms with Crippen LogP contribution in [0, 0.1) is 0 Å². The van der Waals surface area contributed by atoms with Crippen LogP contribution >= 0.6 is 0 Å². The lowest BCUT2D eigenvalue weighted by molar-refractivity contribution is -0.115. The molecule has 74 valence electrons. The Balaban J connectivity index is 2.55. The molecule has 0 saturated heterocycles. The zero-order valence-corrected chi connectivity index (χ0v) is 8.72. The van der Waals surface area contributed by atoms with Gasteiger partial charge >= 0.3 is 0 Å². The fourth-order valence-electron chi connectivity index (χ4n) is 1.71. The number of carbonyl (C=O) groups is 1. The van der Waals surface area contributed by atoms with Crippen LogP contribution in [-0.4, -0.2) is 10.9 Å². The molecular weight excluding hydrogens is 176 g/mol. The van der Waals surface area contributed by atoms with Gasteiger partial charge in [-0.05, 0) is 11.0 Å². The smallest absolute Gasteiger partial charge is 0.228 e. The summed E-state index contributed by atoms with van der Waals surface area (Å²) in [6, 6.07) is 0. The molecule has 1 aliphatic rings. The SMILES string of the molecule is CC(C)(C)c1cncc2c1NC(=O)C2. The first kappa shape index (κ1) is 9.19. The molecule has 3 heteroatoms. The number of nitrogens with one attached hydrogen (secondary N) is 1. The van der Waals surface area contributed by atoms with E-state index in [2.05, 4.69) is 31.1 Å². The van der Waals surface area contributed by atoms with Crippen LogP contribution in [0.1, 0.15) is 31.9 Å². The summed E-state index contributed by atoms with van der Waals surface area (Å²) in [6.45, 7) is 6.36. The number of nitrogens with zero attached hydrogens (tertiary/aromatic N) is 1. The van der Waals surface area contributed by atoms with Gasteiger partial charge < -0.3 is 5.32 Å². The van der Waals surface area contributed by atoms with Crippen LogP contribution in [0.4, 0.5) is 5.69 Å². The van der Waals surface area contributed by atoms with Gasteiger partial charge in [-0.3, -0.25) is 9.78 Å². The van der Waals surface area contributed by atoms with Gasteiger partial charge in [-0.2, -0.15) is 0 Å². The molecule has 1 amide bonds. The normalized spacial score (nSPS) is 15.2. The standard InChI is InChI=1S/C11H14N2O/c1-11(2,3)8-6-12-5-7-4-9(14)13-10(7)8/h5-6H,4H2,1-3H3,(H,13,14). The summed E-state index contributed by atoms with van der Waals surface area (Å²) in [5.74, 6) is 0.0681. The molecule has 0 unspecified atom stereocenters. The second-order valence-electron chi connectivity index (χ2n) is 4.70. The summed E-state index contributed by atoms with van der Waals surface area (Å²) >= 11 is 0. The lowest BCUT2D eigenvalue weighted by Gasteiger charge is -2.21. The van der Waals surface area contributed by atoms with Crippen LogP contribution in [0.2, 0.25) is 0 Å². The Morgan fingerprint density at radius 3 is 2.71 bits per heavy atom. The summed E-state index contributed by atoms with van der Waals surface area (Å²) in [7, 11) is 0. The molecule has 0 radical (unpaired) electrons. The Bertz CT molecular complexity index is 391. The van der Waals surface area contributed by atoms with Crippen molar-refractivity contribution in [2.45, 2.75) is 32.6 Å². The van der Waals surface area contributed by atoms with Gasteiger partial charge in [0.25, 0.3) is 0 Å². The molecule has 0 bridgehead atoms. The number of hydrogen-bond donors (Lipinski definition) is 1. The second-order valence-corrected chi connectivity index (χ2v) is 4.70. The Morgan fingerprint density at radius 2 is 2.07 bits per heavy atom. The highest BCUT2D eigenvalue weighted by molar-refractivity contribution is 6.00. The Labute approximate surface area is 83.5 Å². The van der Waals surface area contributed by atoms with E-state index in [0.29, 0.717) is 6.42 Å². The van der Waals surface area contributed by atoms with E-state index in [0.717, 1.165) is 16.8 Å². The minimum atomic E-state index is 0.0238. The van der Waals surface area contributed by atoms with Gasteiger partial charge in [0, 0.05) is 18.0 Å². The lowest BCUT2D eigenvalue weighted by atomic mass is 9.86. The van der Waals surface area contributed by atoms with Crippen LogP contribution in [0.25, 0.3) is 0 Å². The van der Waals surface area contributed by atoms with Crippen molar-refractivity contribution >= 4 is 11.6 Å². The molecule has 0 saturated carbocycles. The van der Waals surface area contributed by atoms with Crippen LogP contribution in [-0.2, 0) is 16.6 Å². The molecule has 1 aliphatic heterocycles. The van der Waals surface area contributed by atoms with E-state index < -0.39 is 0 Å². The lowest BCUT2D eigenvalue weighted by Crippen LogP contribution is -2.15. The number of anilines is 1. The van der Waals surface area contributed by atoms with Gasteiger partial charge in [0.05, 0.1) is 12.1 Å². The van der Waals surface area contributed by atoms with Crippen molar-refractivity contribution in [3.63, 3.8) is 0 Å². The van der Waals surface area contributed by atoms with Gasteiger partial charge in [-0.1, -0.05) is 20.8 Å². The maximum Gasteiger partial charge on any atom is 0.228 e. The van der Waals surface area contributed by atoms with E-state index in [1.165, 1.54) is 0 Å². The van der Waals surface area contributed by atoms with Gasteiger partial charge in [0.2, 0.25) is 5.91 Å². The maximum atomic E-state index is 11.2. The number of aromatic nitrogens is 1. The fourth-order valence-corrected chi connectivity index (χ4v) is 1.71. The number of amides is 1. The zero-order chi connectivity index (χ0) is 10.3. The molecule has 0 atom stereocenters. The minimum Gasteiger partial charge on any atom is -0.325 e. The minimum absolute atomic E-state index is 0.0238.